The highest BCUT2D eigenvalue weighted by Gasteiger charge is 2.34. The van der Waals surface area contributed by atoms with Gasteiger partial charge in [0, 0.05) is 95.1 Å². The minimum atomic E-state index is -2.66. The van der Waals surface area contributed by atoms with Gasteiger partial charge in [-0.25, -0.2) is 4.98 Å². The number of rotatable bonds is 6. The van der Waals surface area contributed by atoms with Crippen LogP contribution in [-0.4, -0.2) is 25.4 Å². The Morgan fingerprint density at radius 1 is 0.522 bits per heavy atom. The van der Waals surface area contributed by atoms with E-state index in [0.717, 1.165) is 77.4 Å². The number of fused-ring (bicyclic) bond motifs is 10. The Bertz CT molecular complexity index is 4080. The molecule has 0 N–H and O–H groups in total. The van der Waals surface area contributed by atoms with E-state index in [4.69, 9.17) is 9.72 Å². The molecule has 0 atom stereocenters. The van der Waals surface area contributed by atoms with Gasteiger partial charge in [0.2, 0.25) is 0 Å². The maximum atomic E-state index is 9.21. The standard InChI is InChI=1S/C60H48N6O/c1-60(2,3)39-29-32-49-46(34-39)43-31-30-42(36-52(43)66(49)53-28-15-16-33-61-53)67-41-21-17-20-40(35-41)64-37-65(51-27-14-13-26-50(51)64)59-57-55(44-22-9-11-24-47(44)62(57)4)54(38-18-7-6-8-19-38)56-45-23-10-12-25-48(45)63(5)58(56)59/h6-36H,37H2,1-5H3/i4D3,5D3. The molecule has 0 aliphatic carbocycles. The van der Waals surface area contributed by atoms with Gasteiger partial charge in [-0.2, -0.15) is 0 Å². The van der Waals surface area contributed by atoms with E-state index >= 15 is 0 Å². The van der Waals surface area contributed by atoms with E-state index in [-0.39, 0.29) is 12.1 Å². The van der Waals surface area contributed by atoms with Crippen LogP contribution in [0.15, 0.2) is 188 Å². The number of benzene rings is 8. The molecule has 0 saturated heterocycles. The highest BCUT2D eigenvalue weighted by Crippen LogP contribution is 2.54. The minimum Gasteiger partial charge on any atom is -0.457 e. The van der Waals surface area contributed by atoms with Gasteiger partial charge in [-0.05, 0) is 89.3 Å². The van der Waals surface area contributed by atoms with E-state index in [9.17, 15) is 8.22 Å². The van der Waals surface area contributed by atoms with Crippen LogP contribution in [0.1, 0.15) is 34.6 Å². The second-order valence-corrected chi connectivity index (χ2v) is 18.5. The molecule has 1 aliphatic heterocycles. The number of ether oxygens (including phenoxy) is 1. The maximum Gasteiger partial charge on any atom is 0.137 e. The van der Waals surface area contributed by atoms with Crippen LogP contribution in [-0.2, 0) is 19.4 Å². The highest BCUT2D eigenvalue weighted by molar-refractivity contribution is 6.33. The lowest BCUT2D eigenvalue weighted by atomic mass is 9.86. The van der Waals surface area contributed by atoms with Crippen molar-refractivity contribution in [1.29, 1.82) is 0 Å². The summed E-state index contributed by atoms with van der Waals surface area (Å²) in [5.41, 5.74) is 9.70. The van der Waals surface area contributed by atoms with Gasteiger partial charge in [-0.1, -0.05) is 118 Å². The molecule has 5 heterocycles. The smallest absolute Gasteiger partial charge is 0.137 e. The molecule has 1 aliphatic rings. The number of aryl methyl sites for hydroxylation is 2. The van der Waals surface area contributed by atoms with Crippen molar-refractivity contribution in [3.05, 3.63) is 194 Å². The van der Waals surface area contributed by atoms with Crippen molar-refractivity contribution in [3.8, 4) is 28.4 Å². The van der Waals surface area contributed by atoms with Crippen LogP contribution in [0.5, 0.6) is 11.5 Å². The summed E-state index contributed by atoms with van der Waals surface area (Å²) < 4.78 is 67.1. The molecule has 13 rings (SSSR count). The Balaban J connectivity index is 1.01. The van der Waals surface area contributed by atoms with Crippen molar-refractivity contribution in [2.45, 2.75) is 26.2 Å². The second kappa shape index (κ2) is 14.6. The van der Waals surface area contributed by atoms with Crippen molar-refractivity contribution in [3.63, 3.8) is 0 Å². The van der Waals surface area contributed by atoms with E-state index < -0.39 is 14.0 Å². The van der Waals surface area contributed by atoms with E-state index in [1.807, 2.05) is 158 Å². The largest absolute Gasteiger partial charge is 0.457 e. The Labute approximate surface area is 397 Å². The monoisotopic (exact) mass is 874 g/mol. The van der Waals surface area contributed by atoms with Gasteiger partial charge in [0.15, 0.2) is 0 Å². The predicted octanol–water partition coefficient (Wildman–Crippen LogP) is 15.5. The zero-order valence-electron chi connectivity index (χ0n) is 43.2. The van der Waals surface area contributed by atoms with Crippen LogP contribution in [0, 0.1) is 0 Å². The molecule has 7 nitrogen and oxygen atoms in total. The minimum absolute atomic E-state index is 0.0322. The van der Waals surface area contributed by atoms with Gasteiger partial charge in [0.25, 0.3) is 0 Å². The first kappa shape index (κ1) is 33.2. The van der Waals surface area contributed by atoms with E-state index in [0.29, 0.717) is 39.3 Å². The Kier molecular flexibility index (Phi) is 7.25. The van der Waals surface area contributed by atoms with Crippen LogP contribution in [0.2, 0.25) is 0 Å². The van der Waals surface area contributed by atoms with Gasteiger partial charge in [0.1, 0.15) is 24.0 Å². The molecule has 0 bridgehead atoms. The van der Waals surface area contributed by atoms with Gasteiger partial charge < -0.3 is 23.7 Å². The van der Waals surface area contributed by atoms with Crippen LogP contribution < -0.4 is 14.5 Å². The molecule has 67 heavy (non-hydrogen) atoms. The van der Waals surface area contributed by atoms with Crippen molar-refractivity contribution in [1.82, 2.24) is 18.7 Å². The second-order valence-electron chi connectivity index (χ2n) is 18.5. The topological polar surface area (TPSA) is 43.4 Å². The normalized spacial score (nSPS) is 14.7. The third-order valence-corrected chi connectivity index (χ3v) is 13.6. The SMILES string of the molecule is [2H]C([2H])([2H])n1c2ccccc2c2c(-c3ccccc3)c3c4ccccc4n(C([2H])([2H])[2H])c3c(N3CN(c4cccc(Oc5ccc6c7cc(C(C)(C)C)ccc7n(-c7ccccn7)c6c5)c4)c4ccccc43)c21. The third-order valence-electron chi connectivity index (χ3n) is 13.6. The fraction of sp³-hybridized carbons (Fsp3) is 0.117. The van der Waals surface area contributed by atoms with E-state index in [1.54, 1.807) is 0 Å². The average Bonchev–Trinajstić information content (AvgIpc) is 4.15. The van der Waals surface area contributed by atoms with Crippen molar-refractivity contribution >= 4 is 88.2 Å². The summed E-state index contributed by atoms with van der Waals surface area (Å²) >= 11 is 0. The quantitative estimate of drug-likeness (QED) is 0.167. The van der Waals surface area contributed by atoms with Crippen molar-refractivity contribution in [2.24, 2.45) is 14.0 Å². The van der Waals surface area contributed by atoms with Crippen molar-refractivity contribution in [2.75, 3.05) is 16.5 Å². The number of anilines is 4. The lowest BCUT2D eigenvalue weighted by Gasteiger charge is -2.26. The first-order valence-corrected chi connectivity index (χ1v) is 22.7. The summed E-state index contributed by atoms with van der Waals surface area (Å²) in [4.78, 5) is 9.04. The van der Waals surface area contributed by atoms with E-state index in [2.05, 4.69) is 65.5 Å². The number of aromatic nitrogens is 4. The molecule has 324 valence electrons. The Morgan fingerprint density at radius 2 is 1.18 bits per heavy atom. The Morgan fingerprint density at radius 3 is 1.87 bits per heavy atom. The molecular weight excluding hydrogens is 821 g/mol. The predicted molar refractivity (Wildman–Crippen MR) is 279 cm³/mol. The molecule has 0 amide bonds. The molecule has 0 saturated carbocycles. The lowest BCUT2D eigenvalue weighted by molar-refractivity contribution is 0.483. The summed E-state index contributed by atoms with van der Waals surface area (Å²) in [5.74, 6) is 2.08. The molecule has 12 aromatic rings. The van der Waals surface area contributed by atoms with Crippen molar-refractivity contribution < 1.29 is 13.0 Å². The fourth-order valence-electron chi connectivity index (χ4n) is 10.6. The molecule has 4 aromatic heterocycles. The summed E-state index contributed by atoms with van der Waals surface area (Å²) in [6.07, 6.45) is 1.81. The van der Waals surface area contributed by atoms with Crippen LogP contribution in [0.3, 0.4) is 0 Å². The van der Waals surface area contributed by atoms with Crippen LogP contribution in [0.4, 0.5) is 22.7 Å². The number of hydrogen-bond donors (Lipinski definition) is 0. The zero-order valence-corrected chi connectivity index (χ0v) is 37.2. The van der Waals surface area contributed by atoms with Gasteiger partial charge in [0.05, 0.1) is 39.1 Å². The summed E-state index contributed by atoms with van der Waals surface area (Å²) in [5, 5.41) is 5.20. The van der Waals surface area contributed by atoms with Crippen LogP contribution in [0.25, 0.3) is 82.4 Å². The number of hydrogen-bond acceptors (Lipinski definition) is 4. The maximum absolute atomic E-state index is 9.21. The number of nitrogens with zero attached hydrogens (tertiary/aromatic N) is 6. The highest BCUT2D eigenvalue weighted by atomic mass is 16.5. The Hall–Kier alpha value is -8.29. The van der Waals surface area contributed by atoms with Gasteiger partial charge in [-0.15, -0.1) is 0 Å². The van der Waals surface area contributed by atoms with E-state index in [1.165, 1.54) is 14.7 Å². The molecule has 7 heteroatoms. The molecular formula is C60H48N6O. The lowest BCUT2D eigenvalue weighted by Crippen LogP contribution is -2.25. The number of para-hydroxylation sites is 4. The average molecular weight is 875 g/mol. The van der Waals surface area contributed by atoms with Crippen LogP contribution >= 0.6 is 0 Å². The van der Waals surface area contributed by atoms with Gasteiger partial charge >= 0.3 is 0 Å². The number of pyridine rings is 1. The third kappa shape index (κ3) is 5.87. The first-order valence-electron chi connectivity index (χ1n) is 25.7. The molecule has 0 unspecified atom stereocenters. The first-order chi connectivity index (χ1) is 35.1. The zero-order chi connectivity index (χ0) is 50.1. The summed E-state index contributed by atoms with van der Waals surface area (Å²) in [6.45, 7) is 1.57. The molecule has 0 fully saturated rings. The fourth-order valence-corrected chi connectivity index (χ4v) is 10.6. The molecule has 8 aromatic carbocycles. The van der Waals surface area contributed by atoms with Gasteiger partial charge in [-0.3, -0.25) is 4.57 Å². The summed E-state index contributed by atoms with van der Waals surface area (Å²) in [6, 6.07) is 59.9. The summed E-state index contributed by atoms with van der Waals surface area (Å²) in [7, 11) is 0. The molecule has 0 spiro atoms. The molecule has 0 radical (unpaired) electrons.